The van der Waals surface area contributed by atoms with Crippen LogP contribution in [0.5, 0.6) is 0 Å². The molecule has 0 aromatic rings. The van der Waals surface area contributed by atoms with E-state index in [0.29, 0.717) is 0 Å². The first kappa shape index (κ1) is 13.9. The maximum absolute atomic E-state index is 6.35. The monoisotopic (exact) mass is 229 g/mol. The second-order valence-electron chi connectivity index (χ2n) is 5.03. The van der Waals surface area contributed by atoms with E-state index in [-0.39, 0.29) is 5.54 Å². The van der Waals surface area contributed by atoms with Crippen molar-refractivity contribution in [3.05, 3.63) is 0 Å². The third-order valence-electron chi connectivity index (χ3n) is 3.38. The van der Waals surface area contributed by atoms with Gasteiger partial charge in [-0.05, 0) is 25.7 Å². The van der Waals surface area contributed by atoms with Crippen LogP contribution in [0, 0.1) is 0 Å². The lowest BCUT2D eigenvalue weighted by molar-refractivity contribution is 0.0712. The SMILES string of the molecule is COCCCCOCC1(N)CCCCCC1. The fraction of sp³-hybridized carbons (Fsp3) is 1.00. The number of methoxy groups -OCH3 is 1. The molecule has 1 aliphatic carbocycles. The van der Waals surface area contributed by atoms with Crippen molar-refractivity contribution in [1.29, 1.82) is 0 Å². The Hall–Kier alpha value is -0.120. The predicted octanol–water partition coefficient (Wildman–Crippen LogP) is 2.48. The van der Waals surface area contributed by atoms with E-state index >= 15 is 0 Å². The van der Waals surface area contributed by atoms with Gasteiger partial charge in [-0.15, -0.1) is 0 Å². The van der Waals surface area contributed by atoms with Crippen LogP contribution in [-0.2, 0) is 9.47 Å². The van der Waals surface area contributed by atoms with Gasteiger partial charge in [0.25, 0.3) is 0 Å². The van der Waals surface area contributed by atoms with Crippen LogP contribution >= 0.6 is 0 Å². The highest BCUT2D eigenvalue weighted by molar-refractivity contribution is 4.85. The van der Waals surface area contributed by atoms with Gasteiger partial charge in [0, 0.05) is 25.9 Å². The third-order valence-corrected chi connectivity index (χ3v) is 3.38. The van der Waals surface area contributed by atoms with Crippen LogP contribution in [-0.4, -0.2) is 32.5 Å². The molecule has 0 spiro atoms. The van der Waals surface area contributed by atoms with E-state index in [9.17, 15) is 0 Å². The van der Waals surface area contributed by atoms with Crippen molar-refractivity contribution in [3.63, 3.8) is 0 Å². The van der Waals surface area contributed by atoms with Crippen molar-refractivity contribution >= 4 is 0 Å². The molecule has 1 saturated carbocycles. The summed E-state index contributed by atoms with van der Waals surface area (Å²) < 4.78 is 10.7. The first-order valence-electron chi connectivity index (χ1n) is 6.62. The number of hydrogen-bond acceptors (Lipinski definition) is 3. The quantitative estimate of drug-likeness (QED) is 0.539. The topological polar surface area (TPSA) is 44.5 Å². The van der Waals surface area contributed by atoms with E-state index in [1.165, 1.54) is 25.7 Å². The molecule has 0 amide bonds. The molecular weight excluding hydrogens is 202 g/mol. The number of ether oxygens (including phenoxy) is 2. The summed E-state index contributed by atoms with van der Waals surface area (Å²) in [4.78, 5) is 0. The molecule has 0 unspecified atom stereocenters. The summed E-state index contributed by atoms with van der Waals surface area (Å²) in [5.41, 5.74) is 6.31. The van der Waals surface area contributed by atoms with Crippen LogP contribution in [0.1, 0.15) is 51.4 Å². The zero-order valence-corrected chi connectivity index (χ0v) is 10.7. The molecule has 0 aliphatic heterocycles. The van der Waals surface area contributed by atoms with E-state index in [1.807, 2.05) is 0 Å². The minimum atomic E-state index is -0.0439. The standard InChI is InChI=1S/C13H27NO2/c1-15-10-6-7-11-16-12-13(14)8-4-2-3-5-9-13/h2-12,14H2,1H3. The molecule has 16 heavy (non-hydrogen) atoms. The lowest BCUT2D eigenvalue weighted by Crippen LogP contribution is -2.44. The molecule has 1 fully saturated rings. The Bertz CT molecular complexity index is 165. The van der Waals surface area contributed by atoms with Crippen molar-refractivity contribution < 1.29 is 9.47 Å². The molecule has 0 atom stereocenters. The van der Waals surface area contributed by atoms with Gasteiger partial charge in [0.05, 0.1) is 6.61 Å². The van der Waals surface area contributed by atoms with Gasteiger partial charge in [-0.1, -0.05) is 25.7 Å². The average Bonchev–Trinajstić information content (AvgIpc) is 2.49. The minimum absolute atomic E-state index is 0.0439. The molecule has 0 radical (unpaired) electrons. The molecule has 1 aliphatic rings. The Morgan fingerprint density at radius 2 is 1.62 bits per heavy atom. The number of hydrogen-bond donors (Lipinski definition) is 1. The summed E-state index contributed by atoms with van der Waals surface area (Å²) in [6.45, 7) is 2.39. The van der Waals surface area contributed by atoms with Gasteiger partial charge < -0.3 is 15.2 Å². The van der Waals surface area contributed by atoms with E-state index in [2.05, 4.69) is 0 Å². The van der Waals surface area contributed by atoms with Crippen molar-refractivity contribution in [2.45, 2.75) is 56.9 Å². The van der Waals surface area contributed by atoms with Gasteiger partial charge in [0.2, 0.25) is 0 Å². The van der Waals surface area contributed by atoms with Crippen molar-refractivity contribution in [2.75, 3.05) is 26.9 Å². The summed E-state index contributed by atoms with van der Waals surface area (Å²) in [7, 11) is 1.74. The van der Waals surface area contributed by atoms with Gasteiger partial charge in [-0.3, -0.25) is 0 Å². The smallest absolute Gasteiger partial charge is 0.0646 e. The largest absolute Gasteiger partial charge is 0.385 e. The zero-order valence-electron chi connectivity index (χ0n) is 10.7. The highest BCUT2D eigenvalue weighted by Gasteiger charge is 2.26. The Morgan fingerprint density at radius 1 is 1.00 bits per heavy atom. The van der Waals surface area contributed by atoms with Crippen LogP contribution in [0.2, 0.25) is 0 Å². The van der Waals surface area contributed by atoms with Crippen LogP contribution in [0.25, 0.3) is 0 Å². The van der Waals surface area contributed by atoms with Crippen molar-refractivity contribution in [1.82, 2.24) is 0 Å². The predicted molar refractivity (Wildman–Crippen MR) is 66.5 cm³/mol. The first-order chi connectivity index (χ1) is 7.77. The van der Waals surface area contributed by atoms with Gasteiger partial charge in [0.1, 0.15) is 0 Å². The van der Waals surface area contributed by atoms with Crippen LogP contribution in [0.3, 0.4) is 0 Å². The molecule has 0 bridgehead atoms. The van der Waals surface area contributed by atoms with Crippen molar-refractivity contribution in [2.24, 2.45) is 5.73 Å². The van der Waals surface area contributed by atoms with E-state index in [1.54, 1.807) is 7.11 Å². The molecule has 0 saturated heterocycles. The first-order valence-corrected chi connectivity index (χ1v) is 6.62. The Morgan fingerprint density at radius 3 is 2.25 bits per heavy atom. The summed E-state index contributed by atoms with van der Waals surface area (Å²) >= 11 is 0. The molecule has 0 aromatic carbocycles. The van der Waals surface area contributed by atoms with E-state index < -0.39 is 0 Å². The van der Waals surface area contributed by atoms with Crippen molar-refractivity contribution in [3.8, 4) is 0 Å². The molecule has 0 heterocycles. The fourth-order valence-corrected chi connectivity index (χ4v) is 2.30. The fourth-order valence-electron chi connectivity index (χ4n) is 2.30. The second kappa shape index (κ2) is 8.04. The third kappa shape index (κ3) is 5.83. The number of rotatable bonds is 7. The minimum Gasteiger partial charge on any atom is -0.385 e. The molecule has 96 valence electrons. The number of nitrogens with two attached hydrogens (primary N) is 1. The highest BCUT2D eigenvalue weighted by atomic mass is 16.5. The molecule has 3 heteroatoms. The molecule has 2 N–H and O–H groups in total. The Balaban J connectivity index is 2.05. The second-order valence-corrected chi connectivity index (χ2v) is 5.03. The van der Waals surface area contributed by atoms with Gasteiger partial charge >= 0.3 is 0 Å². The highest BCUT2D eigenvalue weighted by Crippen LogP contribution is 2.25. The molecule has 3 nitrogen and oxygen atoms in total. The number of unbranched alkanes of at least 4 members (excludes halogenated alkanes) is 1. The van der Waals surface area contributed by atoms with Crippen LogP contribution in [0.15, 0.2) is 0 Å². The van der Waals surface area contributed by atoms with Gasteiger partial charge in [0.15, 0.2) is 0 Å². The molecule has 0 aromatic heterocycles. The van der Waals surface area contributed by atoms with Gasteiger partial charge in [-0.2, -0.15) is 0 Å². The summed E-state index contributed by atoms with van der Waals surface area (Å²) in [5, 5.41) is 0. The summed E-state index contributed by atoms with van der Waals surface area (Å²) in [6, 6.07) is 0. The van der Waals surface area contributed by atoms with E-state index in [0.717, 1.165) is 45.5 Å². The van der Waals surface area contributed by atoms with Gasteiger partial charge in [-0.25, -0.2) is 0 Å². The lowest BCUT2D eigenvalue weighted by Gasteiger charge is -2.27. The summed E-state index contributed by atoms with van der Waals surface area (Å²) in [6.07, 6.45) is 9.63. The molecule has 1 rings (SSSR count). The molecular formula is C13H27NO2. The average molecular weight is 229 g/mol. The maximum Gasteiger partial charge on any atom is 0.0646 e. The zero-order chi connectivity index (χ0) is 11.7. The van der Waals surface area contributed by atoms with E-state index in [4.69, 9.17) is 15.2 Å². The lowest BCUT2D eigenvalue weighted by atomic mass is 9.93. The normalized spacial score (nSPS) is 20.6. The summed E-state index contributed by atoms with van der Waals surface area (Å²) in [5.74, 6) is 0. The van der Waals surface area contributed by atoms with Crippen LogP contribution in [0.4, 0.5) is 0 Å². The van der Waals surface area contributed by atoms with Crippen LogP contribution < -0.4 is 5.73 Å². The Labute approximate surface area is 99.7 Å². The maximum atomic E-state index is 6.35. The Kier molecular flexibility index (Phi) is 7.01.